The number of amides is 1. The topological polar surface area (TPSA) is 134 Å². The summed E-state index contributed by atoms with van der Waals surface area (Å²) in [6.07, 6.45) is 0. The number of aromatic carboxylic acids is 1. The van der Waals surface area contributed by atoms with E-state index >= 15 is 0 Å². The minimum atomic E-state index is -3.76. The van der Waals surface area contributed by atoms with Crippen LogP contribution >= 0.6 is 0 Å². The Labute approximate surface area is 149 Å². The number of aryl methyl sites for hydroxylation is 2. The fourth-order valence-electron chi connectivity index (χ4n) is 2.83. The summed E-state index contributed by atoms with van der Waals surface area (Å²) in [5, 5.41) is 12.5. The van der Waals surface area contributed by atoms with Crippen molar-refractivity contribution < 1.29 is 32.1 Å². The first-order valence-corrected chi connectivity index (χ1v) is 9.21. The van der Waals surface area contributed by atoms with Gasteiger partial charge in [-0.15, -0.1) is 0 Å². The second-order valence-electron chi connectivity index (χ2n) is 5.82. The molecule has 0 aliphatic carbocycles. The number of carbonyl (C=O) groups excluding carboxylic acids is 1. The van der Waals surface area contributed by atoms with E-state index in [2.05, 4.69) is 5.16 Å². The molecule has 2 aromatic heterocycles. The lowest BCUT2D eigenvalue weighted by Gasteiger charge is -2.33. The Hall–Kier alpha value is -2.66. The van der Waals surface area contributed by atoms with Crippen LogP contribution in [0.2, 0.25) is 0 Å². The SMILES string of the molecule is Cc1noc(C)c1S(=O)(=O)N1CCN(C(=O)c2ccc(C(=O)O)o2)CC1. The number of furan rings is 1. The molecule has 1 saturated heterocycles. The minimum absolute atomic E-state index is 0.0504. The van der Waals surface area contributed by atoms with Gasteiger partial charge in [-0.3, -0.25) is 4.79 Å². The Morgan fingerprint density at radius 3 is 2.23 bits per heavy atom. The number of piperazine rings is 1. The van der Waals surface area contributed by atoms with Crippen LogP contribution in [-0.4, -0.2) is 65.9 Å². The Kier molecular flexibility index (Phi) is 4.59. The van der Waals surface area contributed by atoms with E-state index in [0.29, 0.717) is 0 Å². The van der Waals surface area contributed by atoms with E-state index in [1.54, 1.807) is 6.92 Å². The molecule has 3 heterocycles. The van der Waals surface area contributed by atoms with Gasteiger partial charge in [0.2, 0.25) is 15.8 Å². The number of sulfonamides is 1. The quantitative estimate of drug-likeness (QED) is 0.816. The van der Waals surface area contributed by atoms with Crippen molar-refractivity contribution in [2.45, 2.75) is 18.7 Å². The Bertz CT molecular complexity index is 932. The van der Waals surface area contributed by atoms with Crippen molar-refractivity contribution in [1.29, 1.82) is 0 Å². The molecule has 2 aromatic rings. The van der Waals surface area contributed by atoms with Gasteiger partial charge in [0, 0.05) is 26.2 Å². The molecule has 0 bridgehead atoms. The minimum Gasteiger partial charge on any atom is -0.475 e. The smallest absolute Gasteiger partial charge is 0.371 e. The first kappa shape index (κ1) is 18.1. The number of hydrogen-bond acceptors (Lipinski definition) is 7. The first-order valence-electron chi connectivity index (χ1n) is 7.77. The Balaban J connectivity index is 1.71. The molecule has 1 aliphatic heterocycles. The molecular formula is C15H17N3O7S. The van der Waals surface area contributed by atoms with E-state index in [1.165, 1.54) is 28.3 Å². The van der Waals surface area contributed by atoms with Gasteiger partial charge in [-0.05, 0) is 26.0 Å². The van der Waals surface area contributed by atoms with Crippen molar-refractivity contribution in [2.24, 2.45) is 0 Å². The fraction of sp³-hybridized carbons (Fsp3) is 0.400. The summed E-state index contributed by atoms with van der Waals surface area (Å²) >= 11 is 0. The monoisotopic (exact) mass is 383 g/mol. The average Bonchev–Trinajstić information content (AvgIpc) is 3.21. The summed E-state index contributed by atoms with van der Waals surface area (Å²) in [5.74, 6) is -1.94. The van der Waals surface area contributed by atoms with Crippen molar-refractivity contribution in [3.8, 4) is 0 Å². The van der Waals surface area contributed by atoms with Gasteiger partial charge in [0.1, 0.15) is 10.6 Å². The Morgan fingerprint density at radius 2 is 1.73 bits per heavy atom. The zero-order valence-corrected chi connectivity index (χ0v) is 14.9. The summed E-state index contributed by atoms with van der Waals surface area (Å²) in [6.45, 7) is 3.61. The van der Waals surface area contributed by atoms with Crippen LogP contribution in [0, 0.1) is 13.8 Å². The molecule has 11 heteroatoms. The van der Waals surface area contributed by atoms with Crippen molar-refractivity contribution in [2.75, 3.05) is 26.2 Å². The predicted molar refractivity (Wildman–Crippen MR) is 86.3 cm³/mol. The number of carboxylic acid groups (broad SMARTS) is 1. The van der Waals surface area contributed by atoms with Gasteiger partial charge in [0.25, 0.3) is 5.91 Å². The molecular weight excluding hydrogens is 366 g/mol. The second-order valence-corrected chi connectivity index (χ2v) is 7.69. The van der Waals surface area contributed by atoms with Crippen LogP contribution in [0.1, 0.15) is 32.6 Å². The van der Waals surface area contributed by atoms with Gasteiger partial charge < -0.3 is 18.9 Å². The number of aromatic nitrogens is 1. The Morgan fingerprint density at radius 1 is 1.12 bits per heavy atom. The van der Waals surface area contributed by atoms with Crippen LogP contribution in [-0.2, 0) is 10.0 Å². The van der Waals surface area contributed by atoms with Gasteiger partial charge in [0.15, 0.2) is 11.5 Å². The van der Waals surface area contributed by atoms with Crippen LogP contribution in [0.25, 0.3) is 0 Å². The number of nitrogens with zero attached hydrogens (tertiary/aromatic N) is 3. The molecule has 0 spiro atoms. The first-order chi connectivity index (χ1) is 12.2. The molecule has 0 aromatic carbocycles. The lowest BCUT2D eigenvalue weighted by Crippen LogP contribution is -2.50. The molecule has 1 fully saturated rings. The van der Waals surface area contributed by atoms with Crippen molar-refractivity contribution in [3.63, 3.8) is 0 Å². The molecule has 26 heavy (non-hydrogen) atoms. The van der Waals surface area contributed by atoms with Crippen molar-refractivity contribution in [1.82, 2.24) is 14.4 Å². The number of rotatable bonds is 4. The summed E-state index contributed by atoms with van der Waals surface area (Å²) in [5.41, 5.74) is 0.290. The molecule has 1 N–H and O–H groups in total. The summed E-state index contributed by atoms with van der Waals surface area (Å²) < 4.78 is 36.7. The third-order valence-electron chi connectivity index (χ3n) is 4.12. The maximum Gasteiger partial charge on any atom is 0.371 e. The molecule has 1 amide bonds. The van der Waals surface area contributed by atoms with E-state index in [-0.39, 0.29) is 54.0 Å². The van der Waals surface area contributed by atoms with E-state index < -0.39 is 21.9 Å². The molecule has 0 radical (unpaired) electrons. The molecule has 0 unspecified atom stereocenters. The zero-order chi connectivity index (χ0) is 19.1. The molecule has 10 nitrogen and oxygen atoms in total. The standard InChI is InChI=1S/C15H17N3O7S/c1-9-13(10(2)25-16-9)26(22,23)18-7-5-17(6-8-18)14(19)11-3-4-12(24-11)15(20)21/h3-4H,5-8H2,1-2H3,(H,20,21). The fourth-order valence-corrected chi connectivity index (χ4v) is 4.54. The van der Waals surface area contributed by atoms with E-state index in [4.69, 9.17) is 14.0 Å². The van der Waals surface area contributed by atoms with Crippen LogP contribution in [0.4, 0.5) is 0 Å². The predicted octanol–water partition coefficient (Wildman–Crippen LogP) is 0.729. The molecule has 140 valence electrons. The van der Waals surface area contributed by atoms with Crippen molar-refractivity contribution >= 4 is 21.9 Å². The third-order valence-corrected chi connectivity index (χ3v) is 6.26. The number of hydrogen-bond donors (Lipinski definition) is 1. The molecule has 1 aliphatic rings. The molecule has 0 atom stereocenters. The summed E-state index contributed by atoms with van der Waals surface area (Å²) in [4.78, 5) is 24.7. The third kappa shape index (κ3) is 3.10. The average molecular weight is 383 g/mol. The highest BCUT2D eigenvalue weighted by Gasteiger charge is 2.34. The highest BCUT2D eigenvalue weighted by molar-refractivity contribution is 7.89. The lowest BCUT2D eigenvalue weighted by atomic mass is 10.3. The van der Waals surface area contributed by atoms with Crippen LogP contribution < -0.4 is 0 Å². The summed E-state index contributed by atoms with van der Waals surface area (Å²) in [7, 11) is -3.76. The number of carbonyl (C=O) groups is 2. The summed E-state index contributed by atoms with van der Waals surface area (Å²) in [6, 6.07) is 2.49. The molecule has 3 rings (SSSR count). The second kappa shape index (κ2) is 6.57. The number of carboxylic acids is 1. The van der Waals surface area contributed by atoms with E-state index in [9.17, 15) is 18.0 Å². The van der Waals surface area contributed by atoms with Crippen LogP contribution in [0.5, 0.6) is 0 Å². The van der Waals surface area contributed by atoms with Gasteiger partial charge in [-0.25, -0.2) is 13.2 Å². The van der Waals surface area contributed by atoms with Gasteiger partial charge in [-0.2, -0.15) is 4.31 Å². The maximum atomic E-state index is 12.8. The largest absolute Gasteiger partial charge is 0.475 e. The van der Waals surface area contributed by atoms with Crippen LogP contribution in [0.15, 0.2) is 26.0 Å². The van der Waals surface area contributed by atoms with E-state index in [1.807, 2.05) is 0 Å². The lowest BCUT2D eigenvalue weighted by molar-refractivity contribution is 0.0632. The highest BCUT2D eigenvalue weighted by Crippen LogP contribution is 2.24. The van der Waals surface area contributed by atoms with Gasteiger partial charge in [0.05, 0.1) is 0 Å². The molecule has 0 saturated carbocycles. The van der Waals surface area contributed by atoms with Gasteiger partial charge in [-0.1, -0.05) is 5.16 Å². The normalized spacial score (nSPS) is 16.0. The van der Waals surface area contributed by atoms with Crippen LogP contribution in [0.3, 0.4) is 0 Å². The maximum absolute atomic E-state index is 12.8. The van der Waals surface area contributed by atoms with Gasteiger partial charge >= 0.3 is 5.97 Å². The zero-order valence-electron chi connectivity index (χ0n) is 14.1. The van der Waals surface area contributed by atoms with Crippen molar-refractivity contribution in [3.05, 3.63) is 35.1 Å². The highest BCUT2D eigenvalue weighted by atomic mass is 32.2. The van der Waals surface area contributed by atoms with E-state index in [0.717, 1.165) is 0 Å².